The molecular formula is C25H38ClN3O2. The smallest absolute Gasteiger partial charge is 0.239 e. The minimum atomic E-state index is -0.577. The molecule has 1 aliphatic carbocycles. The first-order chi connectivity index (χ1) is 14.6. The first-order valence-corrected chi connectivity index (χ1v) is 12.1. The number of benzene rings is 1. The molecule has 2 fully saturated rings. The maximum Gasteiger partial charge on any atom is 0.239 e. The number of nitrogens with zero attached hydrogens (tertiary/aromatic N) is 1. The summed E-state index contributed by atoms with van der Waals surface area (Å²) in [6.07, 6.45) is 7.82. The van der Waals surface area contributed by atoms with E-state index in [4.69, 9.17) is 17.3 Å². The lowest BCUT2D eigenvalue weighted by Crippen LogP contribution is -2.58. The summed E-state index contributed by atoms with van der Waals surface area (Å²) in [5.41, 5.74) is 6.64. The molecule has 6 heteroatoms. The molecule has 0 spiro atoms. The molecule has 0 bridgehead atoms. The Hall–Kier alpha value is -1.59. The zero-order valence-electron chi connectivity index (χ0n) is 19.3. The highest BCUT2D eigenvalue weighted by Crippen LogP contribution is 2.46. The number of piperidine rings is 1. The van der Waals surface area contributed by atoms with Crippen LogP contribution in [0.25, 0.3) is 0 Å². The molecule has 1 aromatic rings. The van der Waals surface area contributed by atoms with Gasteiger partial charge in [-0.2, -0.15) is 0 Å². The Labute approximate surface area is 192 Å². The van der Waals surface area contributed by atoms with Crippen LogP contribution in [0.2, 0.25) is 5.02 Å². The third-order valence-electron chi connectivity index (χ3n) is 6.98. The second-order valence-corrected chi connectivity index (χ2v) is 10.9. The Balaban J connectivity index is 1.67. The molecule has 5 nitrogen and oxygen atoms in total. The SMILES string of the molecule is CC(C)(C)NC(=O)C1(C2CCCCC2)CCN(C(=O)[C@H](N)Cc2ccc(Cl)cc2)CC1. The van der Waals surface area contributed by atoms with Crippen LogP contribution in [0.1, 0.15) is 71.3 Å². The van der Waals surface area contributed by atoms with Crippen molar-refractivity contribution < 1.29 is 9.59 Å². The van der Waals surface area contributed by atoms with Gasteiger partial charge in [-0.25, -0.2) is 0 Å². The molecule has 3 rings (SSSR count). The summed E-state index contributed by atoms with van der Waals surface area (Å²) < 4.78 is 0. The number of likely N-dealkylation sites (tertiary alicyclic amines) is 1. The summed E-state index contributed by atoms with van der Waals surface area (Å²) >= 11 is 5.95. The number of hydrogen-bond acceptors (Lipinski definition) is 3. The second-order valence-electron chi connectivity index (χ2n) is 10.5. The summed E-state index contributed by atoms with van der Waals surface area (Å²) in [6.45, 7) is 7.30. The van der Waals surface area contributed by atoms with Crippen molar-refractivity contribution in [2.75, 3.05) is 13.1 Å². The number of halogens is 1. The molecule has 172 valence electrons. The van der Waals surface area contributed by atoms with E-state index in [0.29, 0.717) is 30.5 Å². The zero-order chi connectivity index (χ0) is 22.6. The number of carbonyl (C=O) groups is 2. The fraction of sp³-hybridized carbons (Fsp3) is 0.680. The lowest BCUT2D eigenvalue weighted by molar-refractivity contribution is -0.146. The molecule has 0 aromatic heterocycles. The normalized spacial score (nSPS) is 20.9. The van der Waals surface area contributed by atoms with Crippen molar-refractivity contribution in [2.24, 2.45) is 17.1 Å². The van der Waals surface area contributed by atoms with Crippen LogP contribution in [0, 0.1) is 11.3 Å². The molecule has 0 radical (unpaired) electrons. The standard InChI is InChI=1S/C25H38ClN3O2/c1-24(2,3)28-23(31)25(19-7-5-4-6-8-19)13-15-29(16-14-25)22(30)21(27)17-18-9-11-20(26)12-10-18/h9-12,19,21H,4-8,13-17,27H2,1-3H3,(H,28,31)/t21-/m1/s1. The molecule has 1 aliphatic heterocycles. The van der Waals surface area contributed by atoms with Crippen molar-refractivity contribution in [3.05, 3.63) is 34.9 Å². The van der Waals surface area contributed by atoms with Crippen LogP contribution in [0.4, 0.5) is 0 Å². The molecule has 1 aromatic carbocycles. The highest BCUT2D eigenvalue weighted by Gasteiger charge is 2.48. The van der Waals surface area contributed by atoms with Gasteiger partial charge in [0.1, 0.15) is 0 Å². The maximum atomic E-state index is 13.5. The average molecular weight is 448 g/mol. The van der Waals surface area contributed by atoms with Gasteiger partial charge in [-0.15, -0.1) is 0 Å². The van der Waals surface area contributed by atoms with Gasteiger partial charge in [0, 0.05) is 23.7 Å². The van der Waals surface area contributed by atoms with Gasteiger partial charge in [0.05, 0.1) is 11.5 Å². The summed E-state index contributed by atoms with van der Waals surface area (Å²) in [7, 11) is 0. The first kappa shape index (κ1) is 24.1. The maximum absolute atomic E-state index is 13.5. The molecule has 1 saturated heterocycles. The van der Waals surface area contributed by atoms with Gasteiger partial charge in [-0.1, -0.05) is 43.0 Å². The third-order valence-corrected chi connectivity index (χ3v) is 7.23. The zero-order valence-corrected chi connectivity index (χ0v) is 20.0. The van der Waals surface area contributed by atoms with E-state index >= 15 is 0 Å². The van der Waals surface area contributed by atoms with Crippen LogP contribution in [0.3, 0.4) is 0 Å². The summed E-state index contributed by atoms with van der Waals surface area (Å²) in [5, 5.41) is 3.93. The van der Waals surface area contributed by atoms with Crippen LogP contribution >= 0.6 is 11.6 Å². The van der Waals surface area contributed by atoms with E-state index in [1.165, 1.54) is 19.3 Å². The first-order valence-electron chi connectivity index (χ1n) is 11.7. The number of carbonyl (C=O) groups excluding carboxylic acids is 2. The quantitative estimate of drug-likeness (QED) is 0.705. The van der Waals surface area contributed by atoms with Gasteiger partial charge in [-0.05, 0) is 76.5 Å². The van der Waals surface area contributed by atoms with Crippen molar-refractivity contribution in [3.63, 3.8) is 0 Å². The number of nitrogens with two attached hydrogens (primary N) is 1. The fourth-order valence-corrected chi connectivity index (χ4v) is 5.39. The monoisotopic (exact) mass is 447 g/mol. The van der Waals surface area contributed by atoms with E-state index in [2.05, 4.69) is 5.32 Å². The summed E-state index contributed by atoms with van der Waals surface area (Å²) in [6, 6.07) is 6.89. The predicted octanol–water partition coefficient (Wildman–Crippen LogP) is 4.31. The molecule has 3 N–H and O–H groups in total. The van der Waals surface area contributed by atoms with Gasteiger partial charge in [0.15, 0.2) is 0 Å². The minimum Gasteiger partial charge on any atom is -0.351 e. The third kappa shape index (κ3) is 6.01. The second kappa shape index (κ2) is 9.91. The lowest BCUT2D eigenvalue weighted by Gasteiger charge is -2.48. The number of nitrogens with one attached hydrogen (secondary N) is 1. The number of hydrogen-bond donors (Lipinski definition) is 2. The Morgan fingerprint density at radius 1 is 1.13 bits per heavy atom. The summed E-state index contributed by atoms with van der Waals surface area (Å²) in [4.78, 5) is 28.4. The van der Waals surface area contributed by atoms with E-state index < -0.39 is 6.04 Å². The van der Waals surface area contributed by atoms with Crippen LogP contribution in [0.5, 0.6) is 0 Å². The Kier molecular flexibility index (Phi) is 7.69. The molecule has 1 saturated carbocycles. The van der Waals surface area contributed by atoms with Crippen molar-refractivity contribution >= 4 is 23.4 Å². The predicted molar refractivity (Wildman–Crippen MR) is 126 cm³/mol. The summed E-state index contributed by atoms with van der Waals surface area (Å²) in [5.74, 6) is 0.552. The van der Waals surface area contributed by atoms with E-state index in [9.17, 15) is 9.59 Å². The van der Waals surface area contributed by atoms with Crippen molar-refractivity contribution in [1.29, 1.82) is 0 Å². The number of amides is 2. The van der Waals surface area contributed by atoms with Gasteiger partial charge in [0.25, 0.3) is 0 Å². The average Bonchev–Trinajstić information content (AvgIpc) is 2.74. The van der Waals surface area contributed by atoms with Crippen LogP contribution in [0.15, 0.2) is 24.3 Å². The van der Waals surface area contributed by atoms with Gasteiger partial charge >= 0.3 is 0 Å². The fourth-order valence-electron chi connectivity index (χ4n) is 5.26. The molecular weight excluding hydrogens is 410 g/mol. The number of rotatable bonds is 5. The van der Waals surface area contributed by atoms with Crippen molar-refractivity contribution in [1.82, 2.24) is 10.2 Å². The van der Waals surface area contributed by atoms with Crippen LogP contribution in [-0.2, 0) is 16.0 Å². The van der Waals surface area contributed by atoms with E-state index in [0.717, 1.165) is 31.2 Å². The van der Waals surface area contributed by atoms with Crippen LogP contribution in [-0.4, -0.2) is 41.4 Å². The van der Waals surface area contributed by atoms with Gasteiger partial charge in [0.2, 0.25) is 11.8 Å². The highest BCUT2D eigenvalue weighted by atomic mass is 35.5. The van der Waals surface area contributed by atoms with Gasteiger partial charge in [-0.3, -0.25) is 9.59 Å². The topological polar surface area (TPSA) is 75.4 Å². The van der Waals surface area contributed by atoms with Gasteiger partial charge < -0.3 is 16.0 Å². The molecule has 2 amide bonds. The molecule has 31 heavy (non-hydrogen) atoms. The van der Waals surface area contributed by atoms with E-state index in [-0.39, 0.29) is 22.8 Å². The Bertz CT molecular complexity index is 758. The minimum absolute atomic E-state index is 0.0246. The Morgan fingerprint density at radius 2 is 1.71 bits per heavy atom. The van der Waals surface area contributed by atoms with Crippen molar-refractivity contribution in [3.8, 4) is 0 Å². The largest absolute Gasteiger partial charge is 0.351 e. The van der Waals surface area contributed by atoms with Crippen molar-refractivity contribution in [2.45, 2.75) is 83.7 Å². The Morgan fingerprint density at radius 3 is 2.26 bits per heavy atom. The highest BCUT2D eigenvalue weighted by molar-refractivity contribution is 6.30. The van der Waals surface area contributed by atoms with E-state index in [1.54, 1.807) is 0 Å². The molecule has 0 unspecified atom stereocenters. The van der Waals surface area contributed by atoms with E-state index in [1.807, 2.05) is 49.9 Å². The molecule has 1 atom stereocenters. The van der Waals surface area contributed by atoms with Crippen LogP contribution < -0.4 is 11.1 Å². The molecule has 2 aliphatic rings. The molecule has 1 heterocycles. The lowest BCUT2D eigenvalue weighted by atomic mass is 9.63.